The van der Waals surface area contributed by atoms with Gasteiger partial charge in [0.25, 0.3) is 11.8 Å². The largest absolute Gasteiger partial charge is 0.478 e. The van der Waals surface area contributed by atoms with Crippen LogP contribution in [0.2, 0.25) is 0 Å². The molecule has 1 aliphatic rings. The quantitative estimate of drug-likeness (QED) is 0.515. The van der Waals surface area contributed by atoms with E-state index in [0.717, 1.165) is 0 Å². The van der Waals surface area contributed by atoms with E-state index >= 15 is 0 Å². The third kappa shape index (κ3) is 4.60. The number of carboxylic acid groups (broad SMARTS) is 1. The summed E-state index contributed by atoms with van der Waals surface area (Å²) < 4.78 is 10.4. The number of carbonyl (C=O) groups is 3. The normalized spacial score (nSPS) is 12.0. The molecule has 138 valence electrons. The van der Waals surface area contributed by atoms with Gasteiger partial charge in [0.1, 0.15) is 0 Å². The van der Waals surface area contributed by atoms with E-state index in [9.17, 15) is 14.4 Å². The lowest BCUT2D eigenvalue weighted by Gasteiger charge is -2.05. The van der Waals surface area contributed by atoms with E-state index in [1.165, 1.54) is 24.4 Å². The highest BCUT2D eigenvalue weighted by Gasteiger charge is 2.16. The molecule has 3 N–H and O–H groups in total. The maximum atomic E-state index is 12.1. The van der Waals surface area contributed by atoms with Crippen LogP contribution in [0.1, 0.15) is 26.3 Å². The summed E-state index contributed by atoms with van der Waals surface area (Å²) in [6.45, 7) is -0.150. The number of nitrogens with zero attached hydrogens (tertiary/aromatic N) is 1. The summed E-state index contributed by atoms with van der Waals surface area (Å²) in [6.07, 6.45) is 1.36. The third-order valence-corrected chi connectivity index (χ3v) is 3.60. The van der Waals surface area contributed by atoms with Gasteiger partial charge in [-0.3, -0.25) is 9.59 Å². The number of fused-ring (bicyclic) bond motifs is 1. The predicted octanol–water partition coefficient (Wildman–Crippen LogP) is 0.994. The van der Waals surface area contributed by atoms with Gasteiger partial charge in [-0.25, -0.2) is 10.2 Å². The van der Waals surface area contributed by atoms with Crippen molar-refractivity contribution in [1.29, 1.82) is 0 Å². The molecule has 0 atom stereocenters. The predicted molar refractivity (Wildman–Crippen MR) is 94.0 cm³/mol. The smallest absolute Gasteiger partial charge is 0.335 e. The second-order valence-corrected chi connectivity index (χ2v) is 5.47. The lowest BCUT2D eigenvalue weighted by molar-refractivity contribution is -0.120. The topological polar surface area (TPSA) is 126 Å². The number of carboxylic acids is 1. The average Bonchev–Trinajstić information content (AvgIpc) is 3.14. The van der Waals surface area contributed by atoms with Crippen molar-refractivity contribution in [3.63, 3.8) is 0 Å². The van der Waals surface area contributed by atoms with Crippen LogP contribution in [-0.4, -0.2) is 42.4 Å². The van der Waals surface area contributed by atoms with E-state index in [0.29, 0.717) is 22.6 Å². The highest BCUT2D eigenvalue weighted by molar-refractivity contribution is 5.97. The van der Waals surface area contributed by atoms with E-state index in [-0.39, 0.29) is 18.9 Å². The minimum absolute atomic E-state index is 0.111. The van der Waals surface area contributed by atoms with Gasteiger partial charge >= 0.3 is 5.97 Å². The number of hydrazone groups is 1. The lowest BCUT2D eigenvalue weighted by Crippen LogP contribution is -2.34. The molecule has 0 bridgehead atoms. The number of carbonyl (C=O) groups excluding carboxylic acids is 2. The summed E-state index contributed by atoms with van der Waals surface area (Å²) in [6, 6.07) is 10.7. The van der Waals surface area contributed by atoms with Gasteiger partial charge in [0, 0.05) is 5.56 Å². The van der Waals surface area contributed by atoms with Crippen molar-refractivity contribution in [3.8, 4) is 11.5 Å². The number of ether oxygens (including phenoxy) is 2. The Morgan fingerprint density at radius 1 is 1.04 bits per heavy atom. The van der Waals surface area contributed by atoms with Crippen LogP contribution in [-0.2, 0) is 4.79 Å². The zero-order valence-electron chi connectivity index (χ0n) is 14.0. The van der Waals surface area contributed by atoms with Crippen LogP contribution in [0.25, 0.3) is 0 Å². The molecule has 2 aromatic rings. The zero-order valence-corrected chi connectivity index (χ0v) is 14.0. The summed E-state index contributed by atoms with van der Waals surface area (Å²) in [5.41, 5.74) is 3.38. The van der Waals surface area contributed by atoms with Crippen LogP contribution < -0.4 is 20.2 Å². The van der Waals surface area contributed by atoms with Crippen molar-refractivity contribution in [1.82, 2.24) is 10.7 Å². The van der Waals surface area contributed by atoms with Crippen molar-refractivity contribution >= 4 is 24.0 Å². The van der Waals surface area contributed by atoms with Gasteiger partial charge in [0.15, 0.2) is 11.5 Å². The van der Waals surface area contributed by atoms with Gasteiger partial charge in [-0.15, -0.1) is 0 Å². The standard InChI is InChI=1S/C18H15N3O6/c22-16(21-20-8-11-1-3-12(4-2-11)18(24)25)9-19-17(23)13-5-6-14-15(7-13)27-10-26-14/h1-8H,9-10H2,(H,19,23)(H,21,22)(H,24,25)/b20-8+. The fourth-order valence-electron chi connectivity index (χ4n) is 2.23. The van der Waals surface area contributed by atoms with Crippen molar-refractivity contribution in [2.24, 2.45) is 5.10 Å². The van der Waals surface area contributed by atoms with Gasteiger partial charge < -0.3 is 19.9 Å². The fraction of sp³-hybridized carbons (Fsp3) is 0.111. The molecular weight excluding hydrogens is 354 g/mol. The second-order valence-electron chi connectivity index (χ2n) is 5.47. The molecule has 0 fully saturated rings. The Morgan fingerprint density at radius 3 is 2.48 bits per heavy atom. The molecule has 1 aliphatic heterocycles. The summed E-state index contributed by atoms with van der Waals surface area (Å²) in [5, 5.41) is 15.0. The first kappa shape index (κ1) is 17.9. The Hall–Kier alpha value is -3.88. The van der Waals surface area contributed by atoms with Crippen molar-refractivity contribution in [2.45, 2.75) is 0 Å². The van der Waals surface area contributed by atoms with Gasteiger partial charge in [-0.1, -0.05) is 12.1 Å². The fourth-order valence-corrected chi connectivity index (χ4v) is 2.23. The summed E-state index contributed by atoms with van der Waals surface area (Å²) in [7, 11) is 0. The molecule has 0 spiro atoms. The molecule has 0 aromatic heterocycles. The van der Waals surface area contributed by atoms with Crippen molar-refractivity contribution in [3.05, 3.63) is 59.2 Å². The number of rotatable bonds is 6. The number of benzene rings is 2. The molecule has 2 amide bonds. The maximum absolute atomic E-state index is 12.1. The number of amides is 2. The molecule has 1 heterocycles. The number of aromatic carboxylic acids is 1. The van der Waals surface area contributed by atoms with Crippen LogP contribution in [0, 0.1) is 0 Å². The Bertz CT molecular complexity index is 908. The van der Waals surface area contributed by atoms with E-state index in [4.69, 9.17) is 14.6 Å². The van der Waals surface area contributed by atoms with E-state index in [1.807, 2.05) is 0 Å². The highest BCUT2D eigenvalue weighted by Crippen LogP contribution is 2.32. The summed E-state index contributed by atoms with van der Waals surface area (Å²) in [4.78, 5) is 34.6. The van der Waals surface area contributed by atoms with Crippen LogP contribution >= 0.6 is 0 Å². The highest BCUT2D eigenvalue weighted by atomic mass is 16.7. The van der Waals surface area contributed by atoms with Gasteiger partial charge in [-0.2, -0.15) is 5.10 Å². The molecule has 2 aromatic carbocycles. The first-order valence-electron chi connectivity index (χ1n) is 7.86. The minimum Gasteiger partial charge on any atom is -0.478 e. The first-order valence-corrected chi connectivity index (χ1v) is 7.86. The zero-order chi connectivity index (χ0) is 19.2. The van der Waals surface area contributed by atoms with E-state index in [1.54, 1.807) is 24.3 Å². The number of hydrogen-bond donors (Lipinski definition) is 3. The molecule has 0 saturated heterocycles. The number of hydrogen-bond acceptors (Lipinski definition) is 6. The third-order valence-electron chi connectivity index (χ3n) is 3.60. The van der Waals surface area contributed by atoms with Crippen molar-refractivity contribution < 1.29 is 29.0 Å². The molecule has 0 radical (unpaired) electrons. The van der Waals surface area contributed by atoms with Gasteiger partial charge in [0.05, 0.1) is 18.3 Å². The van der Waals surface area contributed by atoms with Crippen LogP contribution in [0.5, 0.6) is 11.5 Å². The maximum Gasteiger partial charge on any atom is 0.335 e. The van der Waals surface area contributed by atoms with Gasteiger partial charge in [-0.05, 0) is 35.9 Å². The van der Waals surface area contributed by atoms with E-state index < -0.39 is 17.8 Å². The minimum atomic E-state index is -1.02. The molecule has 27 heavy (non-hydrogen) atoms. The molecular formula is C18H15N3O6. The van der Waals surface area contributed by atoms with Crippen LogP contribution in [0.15, 0.2) is 47.6 Å². The van der Waals surface area contributed by atoms with Gasteiger partial charge in [0.2, 0.25) is 6.79 Å². The summed E-state index contributed by atoms with van der Waals surface area (Å²) >= 11 is 0. The van der Waals surface area contributed by atoms with Crippen molar-refractivity contribution in [2.75, 3.05) is 13.3 Å². The Morgan fingerprint density at radius 2 is 1.74 bits per heavy atom. The molecule has 3 rings (SSSR count). The molecule has 9 heteroatoms. The van der Waals surface area contributed by atoms with Crippen LogP contribution in [0.4, 0.5) is 0 Å². The monoisotopic (exact) mass is 369 g/mol. The molecule has 9 nitrogen and oxygen atoms in total. The second kappa shape index (κ2) is 8.00. The van der Waals surface area contributed by atoms with Crippen LogP contribution in [0.3, 0.4) is 0 Å². The summed E-state index contributed by atoms with van der Waals surface area (Å²) in [5.74, 6) is -0.926. The first-order chi connectivity index (χ1) is 13.0. The lowest BCUT2D eigenvalue weighted by atomic mass is 10.1. The molecule has 0 aliphatic carbocycles. The Balaban J connectivity index is 1.46. The molecule has 0 saturated carbocycles. The molecule has 0 unspecified atom stereocenters. The van der Waals surface area contributed by atoms with E-state index in [2.05, 4.69) is 15.8 Å². The Kier molecular flexibility index (Phi) is 5.31. The SMILES string of the molecule is O=C(CNC(=O)c1ccc2c(c1)OCO2)N/N=C/c1ccc(C(=O)O)cc1. The number of nitrogens with one attached hydrogen (secondary N) is 2. The Labute approximate surface area is 153 Å². The average molecular weight is 369 g/mol.